The Morgan fingerprint density at radius 2 is 1.53 bits per heavy atom. The first-order valence-electron chi connectivity index (χ1n) is 11.6. The van der Waals surface area contributed by atoms with E-state index < -0.39 is 0 Å². The Bertz CT molecular complexity index is 1710. The number of rotatable bonds is 2. The van der Waals surface area contributed by atoms with Crippen LogP contribution in [0.2, 0.25) is 0 Å². The lowest BCUT2D eigenvalue weighted by Crippen LogP contribution is -2.55. The predicted octanol–water partition coefficient (Wildman–Crippen LogP) is 5.20. The lowest BCUT2D eigenvalue weighted by atomic mass is 9.73. The fraction of sp³-hybridized carbons (Fsp3) is 0.100. The van der Waals surface area contributed by atoms with E-state index in [2.05, 4.69) is 70.1 Å². The van der Waals surface area contributed by atoms with Crippen LogP contribution in [0.3, 0.4) is 0 Å². The topological polar surface area (TPSA) is 38.0 Å². The van der Waals surface area contributed by atoms with Gasteiger partial charge in [0.05, 0.1) is 11.6 Å². The van der Waals surface area contributed by atoms with Crippen LogP contribution in [0.1, 0.15) is 23.1 Å². The Hall–Kier alpha value is -4.31. The number of allylic oxidation sites excluding steroid dienone is 2. The molecule has 0 saturated carbocycles. The second-order valence-electron chi connectivity index (χ2n) is 8.98. The molecule has 2 unspecified atom stereocenters. The van der Waals surface area contributed by atoms with Crippen molar-refractivity contribution in [2.75, 3.05) is 0 Å². The third kappa shape index (κ3) is 2.57. The van der Waals surface area contributed by atoms with Gasteiger partial charge in [0.15, 0.2) is 18.4 Å². The maximum atomic E-state index is 13.2. The Morgan fingerprint density at radius 1 is 0.794 bits per heavy atom. The molecule has 1 aliphatic heterocycles. The number of aryl methyl sites for hydroxylation is 1. The van der Waals surface area contributed by atoms with Gasteiger partial charge in [-0.15, -0.1) is 0 Å². The number of hydrogen-bond donors (Lipinski definition) is 0. The van der Waals surface area contributed by atoms with Crippen LogP contribution < -0.4 is 14.8 Å². The van der Waals surface area contributed by atoms with E-state index in [-0.39, 0.29) is 17.6 Å². The molecule has 0 radical (unpaired) electrons. The molecule has 4 nitrogen and oxygen atoms in total. The Labute approximate surface area is 196 Å². The molecular weight excluding hydrogens is 420 g/mol. The maximum absolute atomic E-state index is 13.2. The van der Waals surface area contributed by atoms with E-state index in [9.17, 15) is 4.79 Å². The van der Waals surface area contributed by atoms with E-state index in [0.717, 1.165) is 16.6 Å². The van der Waals surface area contributed by atoms with Crippen molar-refractivity contribution in [2.45, 2.75) is 18.9 Å². The fourth-order valence-corrected chi connectivity index (χ4v) is 5.66. The smallest absolute Gasteiger partial charge is 0.350 e. The van der Waals surface area contributed by atoms with Crippen molar-refractivity contribution in [1.29, 1.82) is 0 Å². The number of hydrogen-bond acceptors (Lipinski definition) is 2. The van der Waals surface area contributed by atoms with E-state index in [1.54, 1.807) is 0 Å². The minimum absolute atomic E-state index is 0.204. The zero-order valence-electron chi connectivity index (χ0n) is 18.7. The highest BCUT2D eigenvalue weighted by Crippen LogP contribution is 2.49. The van der Waals surface area contributed by atoms with Crippen LogP contribution in [-0.2, 0) is 0 Å². The molecule has 34 heavy (non-hydrogen) atoms. The highest BCUT2D eigenvalue weighted by molar-refractivity contribution is 5.85. The predicted molar refractivity (Wildman–Crippen MR) is 131 cm³/mol. The third-order valence-electron chi connectivity index (χ3n) is 7.25. The molecule has 0 spiro atoms. The van der Waals surface area contributed by atoms with Crippen molar-refractivity contribution in [3.05, 3.63) is 125 Å². The fourth-order valence-electron chi connectivity index (χ4n) is 5.66. The van der Waals surface area contributed by atoms with Crippen LogP contribution in [0, 0.1) is 6.92 Å². The summed E-state index contributed by atoms with van der Waals surface area (Å²) in [4.78, 5) is 13.2. The van der Waals surface area contributed by atoms with Gasteiger partial charge in [-0.25, -0.2) is 4.79 Å². The molecule has 1 aliphatic carbocycles. The first kappa shape index (κ1) is 19.2. The lowest BCUT2D eigenvalue weighted by Gasteiger charge is -2.33. The summed E-state index contributed by atoms with van der Waals surface area (Å²) in [6.45, 7) is 2.01. The average molecular weight is 443 g/mol. The summed E-state index contributed by atoms with van der Waals surface area (Å²) in [6.07, 6.45) is 6.53. The first-order chi connectivity index (χ1) is 16.7. The molecular formula is C30H22N2O2+2. The molecule has 2 aliphatic rings. The molecule has 0 fully saturated rings. The molecule has 3 aromatic heterocycles. The number of benzene rings is 2. The highest BCUT2D eigenvalue weighted by Gasteiger charge is 2.52. The van der Waals surface area contributed by atoms with Crippen LogP contribution in [-0.4, -0.2) is 0 Å². The van der Waals surface area contributed by atoms with Gasteiger partial charge in [-0.3, -0.25) is 0 Å². The third-order valence-corrected chi connectivity index (χ3v) is 7.25. The van der Waals surface area contributed by atoms with Crippen LogP contribution in [0.25, 0.3) is 39.2 Å². The molecule has 4 heteroatoms. The van der Waals surface area contributed by atoms with Gasteiger partial charge in [0.25, 0.3) is 0 Å². The summed E-state index contributed by atoms with van der Waals surface area (Å²) in [5.41, 5.74) is 7.71. The molecule has 2 aromatic carbocycles. The lowest BCUT2D eigenvalue weighted by molar-refractivity contribution is -0.715. The summed E-state index contributed by atoms with van der Waals surface area (Å²) in [5, 5.41) is 0.959. The zero-order valence-corrected chi connectivity index (χ0v) is 18.7. The van der Waals surface area contributed by atoms with E-state index in [0.29, 0.717) is 11.1 Å². The van der Waals surface area contributed by atoms with Crippen LogP contribution in [0.15, 0.2) is 113 Å². The largest absolute Gasteiger partial charge is 0.422 e. The standard InChI is InChI=1S/C30H22N2O2/c1-19-20-10-4-5-15-27(20)34-30(33)28(19)24-14-7-9-17-32(24)26-18-25-29(26)22-12-3-2-11-21(22)23-13-6-8-16-31(23)25/h2-18,25,29H,1H3/q+2. The molecule has 0 saturated heterocycles. The molecule has 2 atom stereocenters. The summed E-state index contributed by atoms with van der Waals surface area (Å²) < 4.78 is 10.3. The zero-order chi connectivity index (χ0) is 22.8. The number of nitrogens with zero attached hydrogens (tertiary/aromatic N) is 2. The SMILES string of the molecule is Cc1c(-c2cccc[n+]2C2=CC3C2c2ccccc2-c2cccc[n+]23)c(=O)oc2ccccc12. The number of aromatic nitrogens is 2. The van der Waals surface area contributed by atoms with Gasteiger partial charge in [0.2, 0.25) is 17.1 Å². The molecule has 5 aromatic rings. The van der Waals surface area contributed by atoms with E-state index >= 15 is 0 Å². The number of pyridine rings is 2. The second-order valence-corrected chi connectivity index (χ2v) is 8.98. The van der Waals surface area contributed by atoms with Crippen molar-refractivity contribution in [1.82, 2.24) is 0 Å². The van der Waals surface area contributed by atoms with Gasteiger partial charge in [0, 0.05) is 29.7 Å². The quantitative estimate of drug-likeness (QED) is 0.278. The second kappa shape index (κ2) is 7.09. The van der Waals surface area contributed by atoms with Gasteiger partial charge >= 0.3 is 5.63 Å². The maximum Gasteiger partial charge on any atom is 0.350 e. The van der Waals surface area contributed by atoms with Crippen LogP contribution in [0.5, 0.6) is 0 Å². The Kier molecular flexibility index (Phi) is 4.00. The van der Waals surface area contributed by atoms with E-state index in [1.165, 1.54) is 22.5 Å². The molecule has 7 rings (SSSR count). The van der Waals surface area contributed by atoms with E-state index in [1.807, 2.05) is 49.4 Å². The van der Waals surface area contributed by atoms with Crippen molar-refractivity contribution < 1.29 is 13.6 Å². The summed E-state index contributed by atoms with van der Waals surface area (Å²) in [6, 6.07) is 29.0. The first-order valence-corrected chi connectivity index (χ1v) is 11.6. The normalized spacial score (nSPS) is 17.9. The van der Waals surface area contributed by atoms with Crippen molar-refractivity contribution in [3.63, 3.8) is 0 Å². The summed E-state index contributed by atoms with van der Waals surface area (Å²) in [5.74, 6) is 0.204. The molecule has 0 amide bonds. The van der Waals surface area contributed by atoms with E-state index in [4.69, 9.17) is 4.42 Å². The van der Waals surface area contributed by atoms with Gasteiger partial charge in [0.1, 0.15) is 17.1 Å². The molecule has 162 valence electrons. The van der Waals surface area contributed by atoms with Gasteiger partial charge in [-0.05, 0) is 42.3 Å². The average Bonchev–Trinajstić information content (AvgIpc) is 2.85. The van der Waals surface area contributed by atoms with Gasteiger partial charge < -0.3 is 4.42 Å². The highest BCUT2D eigenvalue weighted by atomic mass is 16.4. The van der Waals surface area contributed by atoms with Gasteiger partial charge in [-0.2, -0.15) is 9.13 Å². The Balaban J connectivity index is 1.45. The molecule has 0 bridgehead atoms. The van der Waals surface area contributed by atoms with Crippen LogP contribution >= 0.6 is 0 Å². The minimum Gasteiger partial charge on any atom is -0.422 e. The summed E-state index contributed by atoms with van der Waals surface area (Å²) in [7, 11) is 0. The monoisotopic (exact) mass is 442 g/mol. The number of fused-ring (bicyclic) bond motifs is 7. The van der Waals surface area contributed by atoms with Crippen molar-refractivity contribution in [3.8, 4) is 22.5 Å². The van der Waals surface area contributed by atoms with Crippen molar-refractivity contribution in [2.24, 2.45) is 0 Å². The molecule has 4 heterocycles. The molecule has 0 N–H and O–H groups in total. The van der Waals surface area contributed by atoms with Gasteiger partial charge in [-0.1, -0.05) is 36.4 Å². The number of para-hydroxylation sites is 1. The summed E-state index contributed by atoms with van der Waals surface area (Å²) >= 11 is 0. The minimum atomic E-state index is -0.309. The van der Waals surface area contributed by atoms with Crippen molar-refractivity contribution >= 4 is 16.7 Å². The van der Waals surface area contributed by atoms with Crippen LogP contribution in [0.4, 0.5) is 0 Å². The Morgan fingerprint density at radius 3 is 2.44 bits per heavy atom.